The fourth-order valence-electron chi connectivity index (χ4n) is 2.82. The number of rotatable bonds is 2. The molecule has 0 unspecified atom stereocenters. The van der Waals surface area contributed by atoms with Gasteiger partial charge in [0.05, 0.1) is 31.3 Å². The number of hydrogen-bond donors (Lipinski definition) is 1. The van der Waals surface area contributed by atoms with Crippen molar-refractivity contribution in [2.24, 2.45) is 0 Å². The van der Waals surface area contributed by atoms with Crippen LogP contribution in [0, 0.1) is 0 Å². The van der Waals surface area contributed by atoms with E-state index in [9.17, 15) is 0 Å². The van der Waals surface area contributed by atoms with Crippen molar-refractivity contribution in [1.29, 1.82) is 0 Å². The Balaban J connectivity index is 1.81. The lowest BCUT2D eigenvalue weighted by atomic mass is 9.86. The second-order valence-corrected chi connectivity index (χ2v) is 5.08. The molecular formula is C11H23N2O+. The van der Waals surface area contributed by atoms with Crippen molar-refractivity contribution in [3.8, 4) is 0 Å². The summed E-state index contributed by atoms with van der Waals surface area (Å²) in [6.07, 6.45) is 3.03. The van der Waals surface area contributed by atoms with Gasteiger partial charge in [-0.25, -0.2) is 0 Å². The zero-order valence-electron chi connectivity index (χ0n) is 9.57. The van der Waals surface area contributed by atoms with Crippen LogP contribution in [-0.2, 0) is 4.74 Å². The highest BCUT2D eigenvalue weighted by atomic mass is 16.5. The molecule has 2 atom stereocenters. The SMILES string of the molecule is COC1CC(N2C[C@@H](C)[NH2+][C@H](C)C2)C1. The highest BCUT2D eigenvalue weighted by Gasteiger charge is 2.37. The molecule has 0 aromatic rings. The summed E-state index contributed by atoms with van der Waals surface area (Å²) >= 11 is 0. The lowest BCUT2D eigenvalue weighted by Gasteiger charge is -2.45. The van der Waals surface area contributed by atoms with Crippen molar-refractivity contribution >= 4 is 0 Å². The fourth-order valence-corrected chi connectivity index (χ4v) is 2.82. The molecule has 2 aliphatic rings. The van der Waals surface area contributed by atoms with Gasteiger partial charge in [-0.15, -0.1) is 0 Å². The molecule has 2 fully saturated rings. The van der Waals surface area contributed by atoms with Gasteiger partial charge in [-0.1, -0.05) is 0 Å². The Labute approximate surface area is 86.8 Å². The Morgan fingerprint density at radius 3 is 2.21 bits per heavy atom. The molecule has 3 nitrogen and oxygen atoms in total. The second-order valence-electron chi connectivity index (χ2n) is 5.08. The smallest absolute Gasteiger partial charge is 0.0961 e. The predicted octanol–water partition coefficient (Wildman–Crippen LogP) is -0.180. The molecule has 14 heavy (non-hydrogen) atoms. The van der Waals surface area contributed by atoms with Gasteiger partial charge in [-0.2, -0.15) is 0 Å². The van der Waals surface area contributed by atoms with Gasteiger partial charge in [0.1, 0.15) is 0 Å². The third kappa shape index (κ3) is 2.10. The van der Waals surface area contributed by atoms with E-state index in [-0.39, 0.29) is 0 Å². The van der Waals surface area contributed by atoms with E-state index < -0.39 is 0 Å². The maximum atomic E-state index is 5.33. The van der Waals surface area contributed by atoms with Gasteiger partial charge in [-0.3, -0.25) is 4.90 Å². The molecule has 1 aliphatic carbocycles. The van der Waals surface area contributed by atoms with Crippen LogP contribution < -0.4 is 5.32 Å². The number of ether oxygens (including phenoxy) is 1. The summed E-state index contributed by atoms with van der Waals surface area (Å²) in [5, 5.41) is 2.49. The Kier molecular flexibility index (Phi) is 3.10. The van der Waals surface area contributed by atoms with Gasteiger partial charge < -0.3 is 10.1 Å². The summed E-state index contributed by atoms with van der Waals surface area (Å²) in [5.74, 6) is 0. The maximum absolute atomic E-state index is 5.33. The van der Waals surface area contributed by atoms with Crippen LogP contribution in [0.1, 0.15) is 26.7 Å². The predicted molar refractivity (Wildman–Crippen MR) is 56.2 cm³/mol. The molecule has 1 heterocycles. The summed E-state index contributed by atoms with van der Waals surface area (Å²) in [7, 11) is 1.83. The number of methoxy groups -OCH3 is 1. The van der Waals surface area contributed by atoms with E-state index in [4.69, 9.17) is 4.74 Å². The van der Waals surface area contributed by atoms with Gasteiger partial charge in [0.25, 0.3) is 0 Å². The number of quaternary nitrogens is 1. The molecule has 2 N–H and O–H groups in total. The van der Waals surface area contributed by atoms with Crippen molar-refractivity contribution in [1.82, 2.24) is 4.90 Å². The first-order valence-electron chi connectivity index (χ1n) is 5.81. The summed E-state index contributed by atoms with van der Waals surface area (Å²) in [6.45, 7) is 7.17. The zero-order chi connectivity index (χ0) is 10.1. The highest BCUT2D eigenvalue weighted by molar-refractivity contribution is 4.89. The Bertz CT molecular complexity index is 182. The van der Waals surface area contributed by atoms with Crippen molar-refractivity contribution in [2.75, 3.05) is 20.2 Å². The van der Waals surface area contributed by atoms with Crippen molar-refractivity contribution in [3.05, 3.63) is 0 Å². The average molecular weight is 199 g/mol. The number of nitrogens with two attached hydrogens (primary N) is 1. The minimum atomic E-state index is 0.538. The first-order chi connectivity index (χ1) is 6.69. The largest absolute Gasteiger partial charge is 0.381 e. The van der Waals surface area contributed by atoms with Gasteiger partial charge in [0.2, 0.25) is 0 Å². The molecule has 0 radical (unpaired) electrons. The van der Waals surface area contributed by atoms with Gasteiger partial charge in [-0.05, 0) is 26.7 Å². The molecule has 3 heteroatoms. The molecule has 1 saturated heterocycles. The first kappa shape index (κ1) is 10.4. The van der Waals surface area contributed by atoms with Gasteiger partial charge >= 0.3 is 0 Å². The van der Waals surface area contributed by atoms with Crippen LogP contribution >= 0.6 is 0 Å². The van der Waals surface area contributed by atoms with E-state index in [1.807, 2.05) is 7.11 Å². The molecule has 1 aliphatic heterocycles. The topological polar surface area (TPSA) is 29.1 Å². The summed E-state index contributed by atoms with van der Waals surface area (Å²) in [5.41, 5.74) is 0. The molecule has 2 rings (SSSR count). The van der Waals surface area contributed by atoms with Crippen molar-refractivity contribution in [3.63, 3.8) is 0 Å². The maximum Gasteiger partial charge on any atom is 0.0961 e. The van der Waals surface area contributed by atoms with E-state index in [1.165, 1.54) is 25.9 Å². The van der Waals surface area contributed by atoms with Crippen LogP contribution in [0.2, 0.25) is 0 Å². The molecule has 0 bridgehead atoms. The summed E-state index contributed by atoms with van der Waals surface area (Å²) < 4.78 is 5.33. The Morgan fingerprint density at radius 2 is 1.71 bits per heavy atom. The Morgan fingerprint density at radius 1 is 1.14 bits per heavy atom. The minimum absolute atomic E-state index is 0.538. The molecule has 0 spiro atoms. The van der Waals surface area contributed by atoms with Gasteiger partial charge in [0.15, 0.2) is 0 Å². The second kappa shape index (κ2) is 4.17. The molecule has 0 amide bonds. The van der Waals surface area contributed by atoms with Crippen molar-refractivity contribution < 1.29 is 10.1 Å². The van der Waals surface area contributed by atoms with Gasteiger partial charge in [0, 0.05) is 13.2 Å². The van der Waals surface area contributed by atoms with Crippen LogP contribution in [0.4, 0.5) is 0 Å². The fraction of sp³-hybridized carbons (Fsp3) is 1.00. The van der Waals surface area contributed by atoms with Crippen LogP contribution in [0.15, 0.2) is 0 Å². The van der Waals surface area contributed by atoms with Crippen molar-refractivity contribution in [2.45, 2.75) is 50.9 Å². The molecular weight excluding hydrogens is 176 g/mol. The number of hydrogen-bond acceptors (Lipinski definition) is 2. The quantitative estimate of drug-likeness (QED) is 0.668. The van der Waals surface area contributed by atoms with Crippen LogP contribution in [0.3, 0.4) is 0 Å². The van der Waals surface area contributed by atoms with E-state index in [0.717, 1.165) is 18.1 Å². The number of nitrogens with zero attached hydrogens (tertiary/aromatic N) is 1. The van der Waals surface area contributed by atoms with Crippen LogP contribution in [0.5, 0.6) is 0 Å². The molecule has 0 aromatic heterocycles. The average Bonchev–Trinajstić information content (AvgIpc) is 2.00. The molecule has 1 saturated carbocycles. The normalized spacial score (nSPS) is 44.8. The van der Waals surface area contributed by atoms with E-state index in [2.05, 4.69) is 24.1 Å². The first-order valence-corrected chi connectivity index (χ1v) is 5.81. The van der Waals surface area contributed by atoms with E-state index in [1.54, 1.807) is 0 Å². The molecule has 0 aromatic carbocycles. The molecule has 82 valence electrons. The van der Waals surface area contributed by atoms with E-state index in [0.29, 0.717) is 6.10 Å². The zero-order valence-corrected chi connectivity index (χ0v) is 9.57. The summed E-state index contributed by atoms with van der Waals surface area (Å²) in [4.78, 5) is 2.66. The monoisotopic (exact) mass is 199 g/mol. The van der Waals surface area contributed by atoms with E-state index >= 15 is 0 Å². The highest BCUT2D eigenvalue weighted by Crippen LogP contribution is 2.28. The van der Waals surface area contributed by atoms with Crippen LogP contribution in [-0.4, -0.2) is 49.3 Å². The minimum Gasteiger partial charge on any atom is -0.381 e. The lowest BCUT2D eigenvalue weighted by molar-refractivity contribution is -0.725. The van der Waals surface area contributed by atoms with Crippen LogP contribution in [0.25, 0.3) is 0 Å². The standard InChI is InChI=1S/C11H22N2O/c1-8-6-13(7-9(2)12-8)10-4-11(5-10)14-3/h8-12H,4-7H2,1-3H3/p+1/t8-,9-,10?,11?/m1/s1. The third-order valence-electron chi connectivity index (χ3n) is 3.62. The Hall–Kier alpha value is -0.120. The lowest BCUT2D eigenvalue weighted by Crippen LogP contribution is -2.99. The summed E-state index contributed by atoms with van der Waals surface area (Å²) in [6, 6.07) is 2.33. The third-order valence-corrected chi connectivity index (χ3v) is 3.62. The number of piperazine rings is 1.